The normalized spacial score (nSPS) is 21.8. The standard InChI is InChI=1S/C20H32N4O/c1-15(2)13-24-10-9-16(14-24)11-22-20(25)17-7-8-19(21-12-17)23-18-5-3-4-6-18/h7-8,12,15-16,18H,3-6,9-11,13-14H2,1-2H3,(H,21,23)(H,22,25)/t16-/m0/s1. The van der Waals surface area contributed by atoms with E-state index in [0.717, 1.165) is 32.0 Å². The second kappa shape index (κ2) is 8.65. The van der Waals surface area contributed by atoms with Crippen molar-refractivity contribution in [1.29, 1.82) is 0 Å². The first-order chi connectivity index (χ1) is 12.1. The lowest BCUT2D eigenvalue weighted by Gasteiger charge is -2.18. The van der Waals surface area contributed by atoms with Crippen molar-refractivity contribution in [2.24, 2.45) is 11.8 Å². The fourth-order valence-electron chi connectivity index (χ4n) is 3.99. The highest BCUT2D eigenvalue weighted by molar-refractivity contribution is 5.94. The number of pyridine rings is 1. The second-order valence-electron chi connectivity index (χ2n) is 8.08. The predicted molar refractivity (Wildman–Crippen MR) is 102 cm³/mol. The molecule has 1 aromatic heterocycles. The highest BCUT2D eigenvalue weighted by Crippen LogP contribution is 2.21. The van der Waals surface area contributed by atoms with Crippen molar-refractivity contribution < 1.29 is 4.79 Å². The Labute approximate surface area is 151 Å². The number of aromatic nitrogens is 1. The third kappa shape index (κ3) is 5.43. The van der Waals surface area contributed by atoms with Crippen LogP contribution in [0, 0.1) is 11.8 Å². The molecule has 1 aromatic rings. The first-order valence-corrected chi connectivity index (χ1v) is 9.83. The summed E-state index contributed by atoms with van der Waals surface area (Å²) in [5.74, 6) is 2.14. The molecule has 0 aromatic carbocycles. The molecule has 2 aliphatic rings. The van der Waals surface area contributed by atoms with Crippen LogP contribution in [0.1, 0.15) is 56.3 Å². The van der Waals surface area contributed by atoms with Gasteiger partial charge in [0.2, 0.25) is 0 Å². The molecule has 0 spiro atoms. The molecule has 25 heavy (non-hydrogen) atoms. The average molecular weight is 345 g/mol. The van der Waals surface area contributed by atoms with Crippen LogP contribution in [0.3, 0.4) is 0 Å². The first-order valence-electron chi connectivity index (χ1n) is 9.83. The van der Waals surface area contributed by atoms with Crippen LogP contribution in [0.25, 0.3) is 0 Å². The highest BCUT2D eigenvalue weighted by Gasteiger charge is 2.23. The van der Waals surface area contributed by atoms with Gasteiger partial charge in [-0.05, 0) is 49.8 Å². The van der Waals surface area contributed by atoms with Gasteiger partial charge in [-0.1, -0.05) is 26.7 Å². The molecule has 0 radical (unpaired) electrons. The highest BCUT2D eigenvalue weighted by atomic mass is 16.1. The lowest BCUT2D eigenvalue weighted by molar-refractivity contribution is 0.0947. The van der Waals surface area contributed by atoms with Crippen LogP contribution in [0.4, 0.5) is 5.82 Å². The Kier molecular flexibility index (Phi) is 6.29. The Balaban J connectivity index is 1.42. The van der Waals surface area contributed by atoms with Crippen LogP contribution in [0.2, 0.25) is 0 Å². The van der Waals surface area contributed by atoms with Crippen molar-refractivity contribution in [2.45, 2.75) is 52.0 Å². The Morgan fingerprint density at radius 1 is 1.28 bits per heavy atom. The molecule has 1 aliphatic carbocycles. The molecule has 2 N–H and O–H groups in total. The van der Waals surface area contributed by atoms with E-state index >= 15 is 0 Å². The number of nitrogens with one attached hydrogen (secondary N) is 2. The maximum Gasteiger partial charge on any atom is 0.252 e. The lowest BCUT2D eigenvalue weighted by atomic mass is 10.1. The zero-order chi connectivity index (χ0) is 17.6. The summed E-state index contributed by atoms with van der Waals surface area (Å²) >= 11 is 0. The average Bonchev–Trinajstić information content (AvgIpc) is 3.25. The summed E-state index contributed by atoms with van der Waals surface area (Å²) in [6.07, 6.45) is 7.90. The molecular weight excluding hydrogens is 312 g/mol. The van der Waals surface area contributed by atoms with E-state index in [9.17, 15) is 4.79 Å². The third-order valence-electron chi connectivity index (χ3n) is 5.28. The number of rotatable bonds is 7. The zero-order valence-electron chi connectivity index (χ0n) is 15.6. The van der Waals surface area contributed by atoms with E-state index < -0.39 is 0 Å². The SMILES string of the molecule is CC(C)CN1CC[C@@H](CNC(=O)c2ccc(NC3CCCC3)nc2)C1. The second-order valence-corrected chi connectivity index (χ2v) is 8.08. The number of carbonyl (C=O) groups excluding carboxylic acids is 1. The number of nitrogens with zero attached hydrogens (tertiary/aromatic N) is 2. The maximum absolute atomic E-state index is 12.3. The van der Waals surface area contributed by atoms with Gasteiger partial charge in [-0.25, -0.2) is 4.98 Å². The lowest BCUT2D eigenvalue weighted by Crippen LogP contribution is -2.32. The van der Waals surface area contributed by atoms with Crippen LogP contribution in [-0.2, 0) is 0 Å². The topological polar surface area (TPSA) is 57.3 Å². The Bertz CT molecular complexity index is 551. The molecule has 2 heterocycles. The predicted octanol–water partition coefficient (Wildman–Crippen LogP) is 3.14. The summed E-state index contributed by atoms with van der Waals surface area (Å²) < 4.78 is 0. The van der Waals surface area contributed by atoms with Crippen LogP contribution < -0.4 is 10.6 Å². The van der Waals surface area contributed by atoms with Gasteiger partial charge >= 0.3 is 0 Å². The van der Waals surface area contributed by atoms with Gasteiger partial charge < -0.3 is 15.5 Å². The van der Waals surface area contributed by atoms with E-state index in [1.165, 1.54) is 32.1 Å². The van der Waals surface area contributed by atoms with Gasteiger partial charge in [0.25, 0.3) is 5.91 Å². The van der Waals surface area contributed by atoms with Gasteiger partial charge in [-0.2, -0.15) is 0 Å². The molecule has 0 unspecified atom stereocenters. The minimum absolute atomic E-state index is 0.0118. The van der Waals surface area contributed by atoms with Gasteiger partial charge in [-0.15, -0.1) is 0 Å². The number of carbonyl (C=O) groups is 1. The summed E-state index contributed by atoms with van der Waals surface area (Å²) in [7, 11) is 0. The summed E-state index contributed by atoms with van der Waals surface area (Å²) in [6.45, 7) is 8.68. The van der Waals surface area contributed by atoms with Crippen LogP contribution in [-0.4, -0.2) is 48.0 Å². The fraction of sp³-hybridized carbons (Fsp3) is 0.700. The molecule has 5 nitrogen and oxygen atoms in total. The van der Waals surface area contributed by atoms with E-state index in [4.69, 9.17) is 0 Å². The number of hydrogen-bond donors (Lipinski definition) is 2. The Morgan fingerprint density at radius 3 is 2.76 bits per heavy atom. The number of anilines is 1. The van der Waals surface area contributed by atoms with Crippen LogP contribution >= 0.6 is 0 Å². The van der Waals surface area contributed by atoms with E-state index in [-0.39, 0.29) is 5.91 Å². The van der Waals surface area contributed by atoms with Crippen molar-refractivity contribution in [1.82, 2.24) is 15.2 Å². The molecule has 1 atom stereocenters. The minimum atomic E-state index is -0.0118. The third-order valence-corrected chi connectivity index (χ3v) is 5.28. The van der Waals surface area contributed by atoms with Crippen molar-refractivity contribution >= 4 is 11.7 Å². The largest absolute Gasteiger partial charge is 0.367 e. The Morgan fingerprint density at radius 2 is 2.08 bits per heavy atom. The molecule has 1 aliphatic heterocycles. The van der Waals surface area contributed by atoms with Gasteiger partial charge in [-0.3, -0.25) is 4.79 Å². The quantitative estimate of drug-likeness (QED) is 0.798. The number of likely N-dealkylation sites (tertiary alicyclic amines) is 1. The van der Waals surface area contributed by atoms with Gasteiger partial charge in [0.1, 0.15) is 5.82 Å². The number of hydrogen-bond acceptors (Lipinski definition) is 4. The van der Waals surface area contributed by atoms with Crippen molar-refractivity contribution in [3.63, 3.8) is 0 Å². The molecule has 0 bridgehead atoms. The first kappa shape index (κ1) is 18.2. The summed E-state index contributed by atoms with van der Waals surface area (Å²) in [4.78, 5) is 19.2. The molecule has 1 saturated carbocycles. The molecule has 1 amide bonds. The fourth-order valence-corrected chi connectivity index (χ4v) is 3.99. The molecule has 138 valence electrons. The van der Waals surface area contributed by atoms with E-state index in [1.807, 2.05) is 12.1 Å². The van der Waals surface area contributed by atoms with E-state index in [2.05, 4.69) is 34.4 Å². The zero-order valence-corrected chi connectivity index (χ0v) is 15.6. The monoisotopic (exact) mass is 344 g/mol. The van der Waals surface area contributed by atoms with Gasteiger partial charge in [0.05, 0.1) is 5.56 Å². The van der Waals surface area contributed by atoms with Gasteiger partial charge in [0.15, 0.2) is 0 Å². The Hall–Kier alpha value is -1.62. The molecule has 2 fully saturated rings. The van der Waals surface area contributed by atoms with Crippen molar-refractivity contribution in [3.8, 4) is 0 Å². The van der Waals surface area contributed by atoms with Gasteiger partial charge in [0, 0.05) is 31.9 Å². The van der Waals surface area contributed by atoms with Crippen LogP contribution in [0.15, 0.2) is 18.3 Å². The smallest absolute Gasteiger partial charge is 0.252 e. The summed E-state index contributed by atoms with van der Waals surface area (Å²) in [6, 6.07) is 4.34. The van der Waals surface area contributed by atoms with Crippen LogP contribution in [0.5, 0.6) is 0 Å². The van der Waals surface area contributed by atoms with E-state index in [0.29, 0.717) is 23.4 Å². The van der Waals surface area contributed by atoms with Crippen molar-refractivity contribution in [2.75, 3.05) is 31.5 Å². The van der Waals surface area contributed by atoms with E-state index in [1.54, 1.807) is 6.20 Å². The molecular formula is C20H32N4O. The number of amides is 1. The summed E-state index contributed by atoms with van der Waals surface area (Å²) in [5, 5.41) is 6.54. The van der Waals surface area contributed by atoms with Crippen molar-refractivity contribution in [3.05, 3.63) is 23.9 Å². The molecule has 3 rings (SSSR count). The maximum atomic E-state index is 12.3. The summed E-state index contributed by atoms with van der Waals surface area (Å²) in [5.41, 5.74) is 0.647. The minimum Gasteiger partial charge on any atom is -0.367 e. The molecule has 1 saturated heterocycles. The molecule has 5 heteroatoms.